The monoisotopic (exact) mass is 1040 g/mol. The van der Waals surface area contributed by atoms with Gasteiger partial charge in [0.05, 0.1) is 36.2 Å². The summed E-state index contributed by atoms with van der Waals surface area (Å²) in [6.45, 7) is 27.2. The molecule has 0 atom stereocenters. The number of fused-ring (bicyclic) bond motifs is 4. The van der Waals surface area contributed by atoms with Crippen LogP contribution in [0.2, 0.25) is 19.6 Å². The number of rotatable bonds is 9. The van der Waals surface area contributed by atoms with Crippen LogP contribution in [0.1, 0.15) is 87.0 Å². The zero-order valence-corrected chi connectivity index (χ0v) is 42.8. The molecule has 0 spiro atoms. The van der Waals surface area contributed by atoms with Crippen molar-refractivity contribution in [1.82, 2.24) is 19.5 Å². The summed E-state index contributed by atoms with van der Waals surface area (Å²) in [4.78, 5) is 15.1. The van der Waals surface area contributed by atoms with Crippen molar-refractivity contribution in [3.05, 3.63) is 161 Å². The van der Waals surface area contributed by atoms with Crippen LogP contribution in [0.4, 0.5) is 0 Å². The SMILES string of the molecule is CC(C)Cc1cc(-c2[c-]cccc2)ncc1[Si](C)(C)C.Cc1nc(C)c2c(nc(-c3[c-]ccc4c3oc3ccccc34)n2-c2c(C(C)C)cc(-c3ccccc3)cc2C(C)C)c1C.[Ir]. The van der Waals surface area contributed by atoms with Crippen LogP contribution in [0.25, 0.3) is 72.4 Å². The quantitative estimate of drug-likeness (QED) is 0.107. The van der Waals surface area contributed by atoms with Crippen molar-refractivity contribution < 1.29 is 24.5 Å². The van der Waals surface area contributed by atoms with Crippen LogP contribution in [0.15, 0.2) is 120 Å². The van der Waals surface area contributed by atoms with Crippen molar-refractivity contribution in [1.29, 1.82) is 0 Å². The van der Waals surface area contributed by atoms with Gasteiger partial charge in [0.2, 0.25) is 0 Å². The van der Waals surface area contributed by atoms with Crippen LogP contribution in [-0.2, 0) is 26.5 Å². The first-order valence-electron chi connectivity index (χ1n) is 22.5. The molecule has 329 valence electrons. The number of nitrogens with zero attached hydrogens (tertiary/aromatic N) is 4. The van der Waals surface area contributed by atoms with Gasteiger partial charge in [0, 0.05) is 43.1 Å². The summed E-state index contributed by atoms with van der Waals surface area (Å²) in [6.07, 6.45) is 3.24. The normalized spacial score (nSPS) is 11.8. The van der Waals surface area contributed by atoms with E-state index < -0.39 is 8.07 Å². The van der Waals surface area contributed by atoms with E-state index in [1.807, 2.05) is 36.4 Å². The maximum Gasteiger partial charge on any atom is 0.120 e. The smallest absolute Gasteiger partial charge is 0.120 e. The molecule has 64 heavy (non-hydrogen) atoms. The summed E-state index contributed by atoms with van der Waals surface area (Å²) in [5.41, 5.74) is 17.4. The number of hydrogen-bond donors (Lipinski definition) is 0. The average molecular weight is 1040 g/mol. The van der Waals surface area contributed by atoms with Crippen molar-refractivity contribution in [2.45, 2.75) is 100 Å². The molecule has 0 saturated carbocycles. The van der Waals surface area contributed by atoms with Crippen LogP contribution in [0.3, 0.4) is 0 Å². The Hall–Kier alpha value is -5.46. The van der Waals surface area contributed by atoms with E-state index in [9.17, 15) is 0 Å². The largest absolute Gasteiger partial charge is 0.501 e. The van der Waals surface area contributed by atoms with Gasteiger partial charge in [-0.25, -0.2) is 0 Å². The van der Waals surface area contributed by atoms with Gasteiger partial charge in [-0.1, -0.05) is 132 Å². The van der Waals surface area contributed by atoms with E-state index in [0.29, 0.717) is 5.92 Å². The van der Waals surface area contributed by atoms with Crippen LogP contribution < -0.4 is 5.19 Å². The van der Waals surface area contributed by atoms with E-state index in [1.165, 1.54) is 38.7 Å². The van der Waals surface area contributed by atoms with Gasteiger partial charge in [-0.2, -0.15) is 0 Å². The second-order valence-corrected chi connectivity index (χ2v) is 24.1. The number of para-hydroxylation sites is 1. The molecule has 0 N–H and O–H groups in total. The summed E-state index contributed by atoms with van der Waals surface area (Å²) >= 11 is 0. The Morgan fingerprint density at radius 3 is 2.00 bits per heavy atom. The molecule has 0 amide bonds. The number of furan rings is 1. The van der Waals surface area contributed by atoms with Gasteiger partial charge in [0.1, 0.15) is 5.58 Å². The third-order valence-corrected chi connectivity index (χ3v) is 14.2. The van der Waals surface area contributed by atoms with Crippen LogP contribution in [-0.4, -0.2) is 27.6 Å². The molecular weight excluding hydrogens is 977 g/mol. The fourth-order valence-electron chi connectivity index (χ4n) is 8.91. The van der Waals surface area contributed by atoms with Crippen molar-refractivity contribution >= 4 is 46.2 Å². The third-order valence-electron chi connectivity index (χ3n) is 12.2. The molecule has 0 unspecified atom stereocenters. The van der Waals surface area contributed by atoms with Gasteiger partial charge in [-0.3, -0.25) is 9.97 Å². The number of hydrogen-bond acceptors (Lipinski definition) is 4. The molecule has 7 heteroatoms. The third kappa shape index (κ3) is 9.09. The maximum absolute atomic E-state index is 6.54. The van der Waals surface area contributed by atoms with E-state index in [0.717, 1.165) is 79.0 Å². The number of imidazole rings is 1. The second-order valence-electron chi connectivity index (χ2n) is 19.1. The van der Waals surface area contributed by atoms with E-state index in [-0.39, 0.29) is 31.9 Å². The van der Waals surface area contributed by atoms with Crippen molar-refractivity contribution in [2.24, 2.45) is 5.92 Å². The molecular formula is C57H60IrN4OSi-2. The fraction of sp³-hybridized carbons (Fsp3) is 0.281. The maximum atomic E-state index is 6.54. The van der Waals surface area contributed by atoms with Crippen LogP contribution in [0, 0.1) is 38.8 Å². The molecule has 0 aliphatic carbocycles. The van der Waals surface area contributed by atoms with Gasteiger partial charge < -0.3 is 14.0 Å². The van der Waals surface area contributed by atoms with Crippen molar-refractivity contribution in [2.75, 3.05) is 0 Å². The minimum atomic E-state index is -1.34. The van der Waals surface area contributed by atoms with E-state index in [4.69, 9.17) is 14.4 Å². The Kier molecular flexibility index (Phi) is 13.8. The minimum Gasteiger partial charge on any atom is -0.501 e. The molecule has 4 heterocycles. The van der Waals surface area contributed by atoms with E-state index in [1.54, 1.807) is 0 Å². The van der Waals surface area contributed by atoms with Gasteiger partial charge >= 0.3 is 0 Å². The van der Waals surface area contributed by atoms with Crippen molar-refractivity contribution in [3.63, 3.8) is 0 Å². The van der Waals surface area contributed by atoms with Crippen molar-refractivity contribution in [3.8, 4) is 39.5 Å². The molecule has 0 saturated heterocycles. The van der Waals surface area contributed by atoms with E-state index in [2.05, 4.69) is 183 Å². The van der Waals surface area contributed by atoms with E-state index >= 15 is 0 Å². The molecule has 0 aliphatic rings. The number of aromatic nitrogens is 4. The molecule has 5 aromatic carbocycles. The Morgan fingerprint density at radius 2 is 1.36 bits per heavy atom. The standard InChI is InChI=1S/C39H36N3O.C18H24NSi.Ir/c1-22(2)32-20-28(27-14-9-8-10-15-27)21-33(23(3)4)37(32)42-36-26(7)40-25(6)24(5)35(36)41-39(42)31-18-13-17-30-29-16-11-12-19-34(29)43-38(30)31;1-14(2)11-16-12-17(15-9-7-6-8-10-15)19-13-18(16)20(3,4)5;/h8-17,19-23H,1-7H3;6-9,12-14H,11H2,1-5H3;/q2*-1;. The minimum absolute atomic E-state index is 0. The molecule has 4 aromatic heterocycles. The second kappa shape index (κ2) is 18.9. The summed E-state index contributed by atoms with van der Waals surface area (Å²) in [5.74, 6) is 2.04. The Labute approximate surface area is 394 Å². The molecule has 9 rings (SSSR count). The molecule has 0 aliphatic heterocycles. The van der Waals surface area contributed by atoms with Crippen LogP contribution >= 0.6 is 0 Å². The summed E-state index contributed by atoms with van der Waals surface area (Å²) in [6, 6.07) is 44.9. The molecule has 5 nitrogen and oxygen atoms in total. The first-order valence-corrected chi connectivity index (χ1v) is 26.0. The van der Waals surface area contributed by atoms with Gasteiger partial charge in [0.15, 0.2) is 0 Å². The van der Waals surface area contributed by atoms with Gasteiger partial charge in [-0.15, -0.1) is 54.1 Å². The first kappa shape index (κ1) is 46.5. The number of benzene rings is 5. The van der Waals surface area contributed by atoms with Gasteiger partial charge in [0.25, 0.3) is 0 Å². The summed E-state index contributed by atoms with van der Waals surface area (Å²) in [7, 11) is -1.34. The molecule has 0 fully saturated rings. The Bertz CT molecular complexity index is 3050. The first-order chi connectivity index (χ1) is 30.1. The van der Waals surface area contributed by atoms with Gasteiger partial charge in [-0.05, 0) is 102 Å². The zero-order chi connectivity index (χ0) is 44.7. The molecule has 1 radical (unpaired) electrons. The average Bonchev–Trinajstić information content (AvgIpc) is 3.85. The Morgan fingerprint density at radius 1 is 0.688 bits per heavy atom. The predicted molar refractivity (Wildman–Crippen MR) is 268 cm³/mol. The molecule has 0 bridgehead atoms. The predicted octanol–water partition coefficient (Wildman–Crippen LogP) is 14.9. The number of aryl methyl sites for hydroxylation is 3. The number of pyridine rings is 2. The Balaban J connectivity index is 0.000000246. The summed E-state index contributed by atoms with van der Waals surface area (Å²) < 4.78 is 8.90. The molecule has 9 aromatic rings. The van der Waals surface area contributed by atoms with Crippen LogP contribution in [0.5, 0.6) is 0 Å². The zero-order valence-electron chi connectivity index (χ0n) is 39.4. The topological polar surface area (TPSA) is 56.7 Å². The fourth-order valence-corrected chi connectivity index (χ4v) is 10.5. The summed E-state index contributed by atoms with van der Waals surface area (Å²) in [5, 5.41) is 3.66.